The fraction of sp³-hybridized carbons (Fsp3) is 0.174. The molecule has 0 aliphatic rings. The molecular weight excluding hydrogens is 471 g/mol. The predicted molar refractivity (Wildman–Crippen MR) is 130 cm³/mol. The molecule has 0 spiro atoms. The van der Waals surface area contributed by atoms with Crippen LogP contribution in [0.15, 0.2) is 65.1 Å². The van der Waals surface area contributed by atoms with Crippen molar-refractivity contribution in [2.24, 2.45) is 0 Å². The molecule has 4 rings (SSSR count). The van der Waals surface area contributed by atoms with E-state index >= 15 is 0 Å². The van der Waals surface area contributed by atoms with Gasteiger partial charge in [-0.25, -0.2) is 8.42 Å². The molecular formula is C23H20Cl2N2O4S. The molecule has 1 aromatic heterocycles. The molecule has 0 fully saturated rings. The Morgan fingerprint density at radius 3 is 2.38 bits per heavy atom. The van der Waals surface area contributed by atoms with Gasteiger partial charge in [-0.1, -0.05) is 47.5 Å². The third-order valence-corrected chi connectivity index (χ3v) is 6.79. The Hall–Kier alpha value is -2.74. The van der Waals surface area contributed by atoms with Crippen molar-refractivity contribution >= 4 is 72.4 Å². The number of sulfonamides is 1. The first-order chi connectivity index (χ1) is 15.2. The Morgan fingerprint density at radius 2 is 1.66 bits per heavy atom. The maximum absolute atomic E-state index is 12.5. The average molecular weight is 491 g/mol. The minimum Gasteiger partial charge on any atom is -0.456 e. The topological polar surface area (TPSA) is 79.6 Å². The van der Waals surface area contributed by atoms with Crippen LogP contribution in [0.25, 0.3) is 21.9 Å². The van der Waals surface area contributed by atoms with Crippen molar-refractivity contribution in [2.75, 3.05) is 22.4 Å². The number of benzene rings is 3. The van der Waals surface area contributed by atoms with Gasteiger partial charge in [-0.05, 0) is 36.8 Å². The second kappa shape index (κ2) is 9.02. The number of carbonyl (C=O) groups excluding carboxylic acids is 1. The quantitative estimate of drug-likeness (QED) is 0.340. The largest absolute Gasteiger partial charge is 0.456 e. The van der Waals surface area contributed by atoms with E-state index in [0.717, 1.165) is 26.9 Å². The maximum atomic E-state index is 12.5. The molecule has 3 aromatic carbocycles. The van der Waals surface area contributed by atoms with Crippen molar-refractivity contribution < 1.29 is 17.6 Å². The van der Waals surface area contributed by atoms with Crippen molar-refractivity contribution in [3.05, 3.63) is 70.7 Å². The molecule has 1 N–H and O–H groups in total. The van der Waals surface area contributed by atoms with Crippen LogP contribution >= 0.6 is 23.2 Å². The Morgan fingerprint density at radius 1 is 0.969 bits per heavy atom. The van der Waals surface area contributed by atoms with Gasteiger partial charge >= 0.3 is 0 Å². The number of nitrogens with zero attached hydrogens (tertiary/aromatic N) is 1. The molecule has 166 valence electrons. The van der Waals surface area contributed by atoms with Crippen LogP contribution in [0, 0.1) is 0 Å². The lowest BCUT2D eigenvalue weighted by Crippen LogP contribution is -2.32. The van der Waals surface area contributed by atoms with Crippen LogP contribution in [0.4, 0.5) is 11.4 Å². The van der Waals surface area contributed by atoms with Crippen molar-refractivity contribution in [1.82, 2.24) is 0 Å². The third kappa shape index (κ3) is 4.70. The van der Waals surface area contributed by atoms with Crippen molar-refractivity contribution in [2.45, 2.75) is 12.8 Å². The van der Waals surface area contributed by atoms with E-state index in [1.165, 1.54) is 0 Å². The van der Waals surface area contributed by atoms with E-state index in [4.69, 9.17) is 27.6 Å². The van der Waals surface area contributed by atoms with Gasteiger partial charge in [0, 0.05) is 35.5 Å². The highest BCUT2D eigenvalue weighted by Gasteiger charge is 2.22. The van der Waals surface area contributed by atoms with Crippen LogP contribution < -0.4 is 9.62 Å². The van der Waals surface area contributed by atoms with E-state index in [1.54, 1.807) is 24.3 Å². The summed E-state index contributed by atoms with van der Waals surface area (Å²) in [5, 5.41) is 5.28. The zero-order valence-electron chi connectivity index (χ0n) is 17.1. The summed E-state index contributed by atoms with van der Waals surface area (Å²) in [5.41, 5.74) is 2.29. The summed E-state index contributed by atoms with van der Waals surface area (Å²) in [6.07, 6.45) is 1.48. The molecule has 0 bridgehead atoms. The van der Waals surface area contributed by atoms with Crippen molar-refractivity contribution in [3.63, 3.8) is 0 Å². The molecule has 9 heteroatoms. The highest BCUT2D eigenvalue weighted by Crippen LogP contribution is 2.35. The van der Waals surface area contributed by atoms with Gasteiger partial charge in [-0.3, -0.25) is 9.10 Å². The first-order valence-corrected chi connectivity index (χ1v) is 12.5. The third-order valence-electron chi connectivity index (χ3n) is 5.01. The zero-order valence-corrected chi connectivity index (χ0v) is 19.5. The highest BCUT2D eigenvalue weighted by atomic mass is 35.5. The van der Waals surface area contributed by atoms with Crippen molar-refractivity contribution in [3.8, 4) is 0 Å². The Labute approximate surface area is 195 Å². The summed E-state index contributed by atoms with van der Waals surface area (Å²) in [6, 6.07) is 18.0. The summed E-state index contributed by atoms with van der Waals surface area (Å²) in [4.78, 5) is 12.5. The first-order valence-electron chi connectivity index (χ1n) is 9.87. The lowest BCUT2D eigenvalue weighted by atomic mass is 10.1. The normalized spacial score (nSPS) is 11.7. The van der Waals surface area contributed by atoms with Gasteiger partial charge in [-0.15, -0.1) is 0 Å². The second-order valence-electron chi connectivity index (χ2n) is 7.37. The minimum absolute atomic E-state index is 0.0678. The van der Waals surface area contributed by atoms with E-state index in [1.807, 2.05) is 36.4 Å². The van der Waals surface area contributed by atoms with Gasteiger partial charge in [0.2, 0.25) is 15.9 Å². The summed E-state index contributed by atoms with van der Waals surface area (Å²) in [7, 11) is -3.64. The van der Waals surface area contributed by atoms with Crippen LogP contribution in [0.2, 0.25) is 10.0 Å². The number of carbonyl (C=O) groups is 1. The maximum Gasteiger partial charge on any atom is 0.232 e. The zero-order chi connectivity index (χ0) is 22.9. The summed E-state index contributed by atoms with van der Waals surface area (Å²) < 4.78 is 31.6. The number of hydrogen-bond acceptors (Lipinski definition) is 4. The van der Waals surface area contributed by atoms with Gasteiger partial charge in [0.05, 0.1) is 22.0 Å². The number of anilines is 2. The number of furan rings is 1. The number of nitrogens with one attached hydrogen (secondary N) is 1. The molecule has 0 aliphatic heterocycles. The molecule has 32 heavy (non-hydrogen) atoms. The lowest BCUT2D eigenvalue weighted by Gasteiger charge is -2.24. The standard InChI is InChI=1S/C23H20Cl2N2O4S/c1-32(29,30)27(23-18(24)7-4-8-19(23)25)13-5-10-22(28)26-15-11-12-17-16-6-2-3-9-20(16)31-21(17)14-15/h2-4,6-9,11-12,14H,5,10,13H2,1H3,(H,26,28). The average Bonchev–Trinajstić information content (AvgIpc) is 3.09. The Bertz CT molecular complexity index is 1400. The number of hydrogen-bond donors (Lipinski definition) is 1. The Balaban J connectivity index is 1.43. The van der Waals surface area contributed by atoms with E-state index in [9.17, 15) is 13.2 Å². The Kier molecular flexibility index (Phi) is 6.33. The molecule has 0 saturated heterocycles. The predicted octanol–water partition coefficient (Wildman–Crippen LogP) is 6.08. The molecule has 0 saturated carbocycles. The molecule has 0 atom stereocenters. The number of amides is 1. The van der Waals surface area contributed by atoms with Gasteiger partial charge < -0.3 is 9.73 Å². The molecule has 0 unspecified atom stereocenters. The number of fused-ring (bicyclic) bond motifs is 3. The van der Waals surface area contributed by atoms with Gasteiger partial charge in [0.1, 0.15) is 11.2 Å². The minimum atomic E-state index is -3.64. The number of halogens is 2. The van der Waals surface area contributed by atoms with E-state index in [0.29, 0.717) is 11.3 Å². The second-order valence-corrected chi connectivity index (χ2v) is 10.1. The van der Waals surface area contributed by atoms with Gasteiger partial charge in [0.25, 0.3) is 0 Å². The van der Waals surface area contributed by atoms with Gasteiger partial charge in [0.15, 0.2) is 0 Å². The highest BCUT2D eigenvalue weighted by molar-refractivity contribution is 7.92. The van der Waals surface area contributed by atoms with Gasteiger partial charge in [-0.2, -0.15) is 0 Å². The van der Waals surface area contributed by atoms with E-state index in [2.05, 4.69) is 5.32 Å². The van der Waals surface area contributed by atoms with Crippen LogP contribution in [0.5, 0.6) is 0 Å². The monoisotopic (exact) mass is 490 g/mol. The number of rotatable bonds is 7. The SMILES string of the molecule is CS(=O)(=O)N(CCCC(=O)Nc1ccc2c(c1)oc1ccccc12)c1c(Cl)cccc1Cl. The number of para-hydroxylation sites is 2. The van der Waals surface area contributed by atoms with Crippen molar-refractivity contribution in [1.29, 1.82) is 0 Å². The molecule has 0 radical (unpaired) electrons. The van der Waals surface area contributed by atoms with E-state index in [-0.39, 0.29) is 41.0 Å². The van der Waals surface area contributed by atoms with Crippen LogP contribution in [-0.2, 0) is 14.8 Å². The molecule has 1 heterocycles. The molecule has 0 aliphatic carbocycles. The van der Waals surface area contributed by atoms with Crippen LogP contribution in [0.1, 0.15) is 12.8 Å². The van der Waals surface area contributed by atoms with Crippen LogP contribution in [-0.4, -0.2) is 27.1 Å². The molecule has 1 amide bonds. The van der Waals surface area contributed by atoms with Crippen LogP contribution in [0.3, 0.4) is 0 Å². The summed E-state index contributed by atoms with van der Waals surface area (Å²) in [6.45, 7) is 0.0678. The first kappa shape index (κ1) is 22.5. The fourth-order valence-electron chi connectivity index (χ4n) is 3.58. The molecule has 4 aromatic rings. The summed E-state index contributed by atoms with van der Waals surface area (Å²) >= 11 is 12.4. The van der Waals surface area contributed by atoms with E-state index < -0.39 is 10.0 Å². The lowest BCUT2D eigenvalue weighted by molar-refractivity contribution is -0.116. The summed E-state index contributed by atoms with van der Waals surface area (Å²) in [5.74, 6) is -0.237. The molecule has 6 nitrogen and oxygen atoms in total. The smallest absolute Gasteiger partial charge is 0.232 e. The fourth-order valence-corrected chi connectivity index (χ4v) is 5.27.